The number of ether oxygens (including phenoxy) is 3. The van der Waals surface area contributed by atoms with Crippen LogP contribution in [0.2, 0.25) is 0 Å². The largest absolute Gasteiger partial charge is 0.497 e. The van der Waals surface area contributed by atoms with E-state index in [2.05, 4.69) is 29.9 Å². The summed E-state index contributed by atoms with van der Waals surface area (Å²) in [6, 6.07) is 6.05. The number of guanidine groups is 1. The molecule has 3 rings (SSSR count). The Hall–Kier alpha value is -0.870. The predicted octanol–water partition coefficient (Wildman–Crippen LogP) is 4.60. The Morgan fingerprint density at radius 2 is 1.97 bits per heavy atom. The lowest BCUT2D eigenvalue weighted by molar-refractivity contribution is 0.0783. The Kier molecular flexibility index (Phi) is 11.6. The van der Waals surface area contributed by atoms with Crippen LogP contribution in [0.1, 0.15) is 51.0 Å². The smallest absolute Gasteiger partial charge is 0.191 e. The van der Waals surface area contributed by atoms with Crippen molar-refractivity contribution in [3.8, 4) is 11.5 Å². The number of rotatable bonds is 9. The Morgan fingerprint density at radius 1 is 1.23 bits per heavy atom. The lowest BCUT2D eigenvalue weighted by Crippen LogP contribution is -2.47. The molecule has 31 heavy (non-hydrogen) atoms. The van der Waals surface area contributed by atoms with E-state index in [9.17, 15) is 0 Å². The summed E-state index contributed by atoms with van der Waals surface area (Å²) in [6.07, 6.45) is 9.39. The van der Waals surface area contributed by atoms with Gasteiger partial charge in [0.05, 0.1) is 19.8 Å². The molecule has 1 saturated heterocycles. The first-order valence-corrected chi connectivity index (χ1v) is 12.4. The summed E-state index contributed by atoms with van der Waals surface area (Å²) in [4.78, 5) is 4.86. The molecule has 1 heterocycles. The Bertz CT molecular complexity index is 693. The molecule has 2 fully saturated rings. The molecule has 0 radical (unpaired) electrons. The average Bonchev–Trinajstić information content (AvgIpc) is 3.30. The molecular weight excluding hydrogens is 525 g/mol. The molecule has 0 atom stereocenters. The van der Waals surface area contributed by atoms with Crippen LogP contribution in [-0.2, 0) is 11.3 Å². The summed E-state index contributed by atoms with van der Waals surface area (Å²) >= 11 is 1.93. The van der Waals surface area contributed by atoms with Gasteiger partial charge in [-0.15, -0.1) is 24.0 Å². The second-order valence-electron chi connectivity index (χ2n) is 8.05. The van der Waals surface area contributed by atoms with Crippen LogP contribution in [0.4, 0.5) is 0 Å². The zero-order valence-electron chi connectivity index (χ0n) is 19.1. The number of hydrogen-bond acceptors (Lipinski definition) is 5. The number of nitrogens with zero attached hydrogens (tertiary/aromatic N) is 1. The molecule has 1 aliphatic carbocycles. The van der Waals surface area contributed by atoms with Gasteiger partial charge >= 0.3 is 0 Å². The minimum absolute atomic E-state index is 0. The molecule has 0 unspecified atom stereocenters. The van der Waals surface area contributed by atoms with E-state index in [1.54, 1.807) is 7.11 Å². The van der Waals surface area contributed by atoms with Crippen molar-refractivity contribution in [2.75, 3.05) is 39.7 Å². The highest BCUT2D eigenvalue weighted by Crippen LogP contribution is 2.33. The minimum atomic E-state index is 0. The van der Waals surface area contributed by atoms with Crippen LogP contribution in [-0.4, -0.2) is 56.5 Å². The molecule has 0 aromatic heterocycles. The standard InChI is InChI=1S/C23H37N3O3S.HI/c1-4-24-22(26-17-23(30-3)11-13-28-14-12-23)25-16-18-9-10-20(27-2)15-21(18)29-19-7-5-6-8-19;/h9-10,15,19H,4-8,11-14,16-17H2,1-3H3,(H2,24,25,26);1H. The van der Waals surface area contributed by atoms with E-state index in [4.69, 9.17) is 19.2 Å². The van der Waals surface area contributed by atoms with Crippen LogP contribution in [0.15, 0.2) is 23.2 Å². The van der Waals surface area contributed by atoms with Crippen molar-refractivity contribution in [3.63, 3.8) is 0 Å². The molecular formula is C23H38IN3O3S. The maximum Gasteiger partial charge on any atom is 0.191 e. The van der Waals surface area contributed by atoms with E-state index in [0.29, 0.717) is 12.6 Å². The number of nitrogens with one attached hydrogen (secondary N) is 2. The molecule has 0 amide bonds. The lowest BCUT2D eigenvalue weighted by Gasteiger charge is -2.36. The topological polar surface area (TPSA) is 64.1 Å². The summed E-state index contributed by atoms with van der Waals surface area (Å²) in [5.41, 5.74) is 1.09. The van der Waals surface area contributed by atoms with Crippen LogP contribution in [0, 0.1) is 0 Å². The third kappa shape index (κ3) is 7.89. The van der Waals surface area contributed by atoms with Crippen molar-refractivity contribution in [2.45, 2.75) is 62.8 Å². The monoisotopic (exact) mass is 563 g/mol. The van der Waals surface area contributed by atoms with Gasteiger partial charge in [0.25, 0.3) is 0 Å². The van der Waals surface area contributed by atoms with Gasteiger partial charge in [-0.05, 0) is 63.8 Å². The van der Waals surface area contributed by atoms with Crippen LogP contribution in [0.5, 0.6) is 11.5 Å². The highest BCUT2D eigenvalue weighted by Gasteiger charge is 2.31. The third-order valence-corrected chi connectivity index (χ3v) is 7.46. The van der Waals surface area contributed by atoms with Crippen molar-refractivity contribution in [1.29, 1.82) is 0 Å². The number of methoxy groups -OCH3 is 1. The van der Waals surface area contributed by atoms with Gasteiger partial charge in [-0.2, -0.15) is 11.8 Å². The van der Waals surface area contributed by atoms with E-state index in [1.165, 1.54) is 12.8 Å². The molecule has 1 saturated carbocycles. The number of benzene rings is 1. The molecule has 8 heteroatoms. The van der Waals surface area contributed by atoms with Crippen molar-refractivity contribution in [1.82, 2.24) is 10.6 Å². The molecule has 176 valence electrons. The fourth-order valence-electron chi connectivity index (χ4n) is 4.04. The first kappa shape index (κ1) is 26.4. The van der Waals surface area contributed by atoms with E-state index in [1.807, 2.05) is 23.9 Å². The summed E-state index contributed by atoms with van der Waals surface area (Å²) in [5, 5.41) is 6.95. The van der Waals surface area contributed by atoms with Gasteiger partial charge in [-0.3, -0.25) is 0 Å². The van der Waals surface area contributed by atoms with Gasteiger partial charge in [-0.1, -0.05) is 0 Å². The van der Waals surface area contributed by atoms with E-state index in [0.717, 1.165) is 75.0 Å². The van der Waals surface area contributed by atoms with Gasteiger partial charge < -0.3 is 24.8 Å². The van der Waals surface area contributed by atoms with Gasteiger partial charge in [0, 0.05) is 42.7 Å². The summed E-state index contributed by atoms with van der Waals surface area (Å²) < 4.78 is 17.5. The highest BCUT2D eigenvalue weighted by atomic mass is 127. The van der Waals surface area contributed by atoms with Gasteiger partial charge in [0.1, 0.15) is 11.5 Å². The zero-order valence-corrected chi connectivity index (χ0v) is 22.2. The minimum Gasteiger partial charge on any atom is -0.497 e. The molecule has 0 bridgehead atoms. The Balaban J connectivity index is 0.00000341. The summed E-state index contributed by atoms with van der Waals surface area (Å²) in [7, 11) is 1.69. The summed E-state index contributed by atoms with van der Waals surface area (Å²) in [5.74, 6) is 2.56. The number of halogens is 1. The fraction of sp³-hybridized carbons (Fsp3) is 0.696. The van der Waals surface area contributed by atoms with Gasteiger partial charge in [0.2, 0.25) is 0 Å². The molecule has 1 aromatic carbocycles. The fourth-order valence-corrected chi connectivity index (χ4v) is 4.83. The van der Waals surface area contributed by atoms with E-state index in [-0.39, 0.29) is 28.7 Å². The zero-order chi connectivity index (χ0) is 21.2. The maximum atomic E-state index is 6.32. The van der Waals surface area contributed by atoms with Crippen LogP contribution in [0.3, 0.4) is 0 Å². The Labute approximate surface area is 208 Å². The van der Waals surface area contributed by atoms with Crippen molar-refractivity contribution < 1.29 is 14.2 Å². The molecule has 2 N–H and O–H groups in total. The normalized spacial score (nSPS) is 18.9. The maximum absolute atomic E-state index is 6.32. The van der Waals surface area contributed by atoms with Crippen LogP contribution in [0.25, 0.3) is 0 Å². The predicted molar refractivity (Wildman–Crippen MR) is 140 cm³/mol. The Morgan fingerprint density at radius 3 is 2.61 bits per heavy atom. The number of aliphatic imine (C=N–C) groups is 1. The van der Waals surface area contributed by atoms with Crippen molar-refractivity contribution in [3.05, 3.63) is 23.8 Å². The number of thioether (sulfide) groups is 1. The number of hydrogen-bond donors (Lipinski definition) is 2. The van der Waals surface area contributed by atoms with Crippen LogP contribution < -0.4 is 20.1 Å². The quantitative estimate of drug-likeness (QED) is 0.260. The van der Waals surface area contributed by atoms with Gasteiger partial charge in [0.15, 0.2) is 5.96 Å². The first-order chi connectivity index (χ1) is 14.7. The van der Waals surface area contributed by atoms with E-state index >= 15 is 0 Å². The molecule has 0 spiro atoms. The molecule has 1 aromatic rings. The van der Waals surface area contributed by atoms with Crippen molar-refractivity contribution >= 4 is 41.7 Å². The molecule has 2 aliphatic rings. The SMILES string of the molecule is CCNC(=NCc1ccc(OC)cc1OC1CCCC1)NCC1(SC)CCOCC1.I. The molecule has 1 aliphatic heterocycles. The average molecular weight is 564 g/mol. The molecule has 6 nitrogen and oxygen atoms in total. The second kappa shape index (κ2) is 13.6. The van der Waals surface area contributed by atoms with Gasteiger partial charge in [-0.25, -0.2) is 4.99 Å². The first-order valence-electron chi connectivity index (χ1n) is 11.2. The second-order valence-corrected chi connectivity index (χ2v) is 9.32. The third-order valence-electron chi connectivity index (χ3n) is 6.04. The highest BCUT2D eigenvalue weighted by molar-refractivity contribution is 14.0. The van der Waals surface area contributed by atoms with Crippen molar-refractivity contribution in [2.24, 2.45) is 4.99 Å². The van der Waals surface area contributed by atoms with E-state index < -0.39 is 0 Å². The lowest BCUT2D eigenvalue weighted by atomic mass is 9.99. The van der Waals surface area contributed by atoms with Crippen LogP contribution >= 0.6 is 35.7 Å². The summed E-state index contributed by atoms with van der Waals surface area (Å²) in [6.45, 7) is 6.05.